The fourth-order valence-corrected chi connectivity index (χ4v) is 3.43. The Balaban J connectivity index is 1.99. The first kappa shape index (κ1) is 29.4. The molecule has 0 radical (unpaired) electrons. The zero-order valence-electron chi connectivity index (χ0n) is 22.5. The van der Waals surface area contributed by atoms with Gasteiger partial charge in [0.15, 0.2) is 0 Å². The summed E-state index contributed by atoms with van der Waals surface area (Å²) in [4.78, 5) is 48.5. The van der Waals surface area contributed by atoms with Crippen LogP contribution in [0.15, 0.2) is 36.4 Å². The quantitative estimate of drug-likeness (QED) is 0.311. The molecule has 200 valence electrons. The minimum Gasteiger partial charge on any atom is -0.467 e. The van der Waals surface area contributed by atoms with Crippen molar-refractivity contribution in [1.29, 1.82) is 0 Å². The molecule has 0 bridgehead atoms. The largest absolute Gasteiger partial charge is 0.467 e. The lowest BCUT2D eigenvalue weighted by atomic mass is 9.94. The summed E-state index contributed by atoms with van der Waals surface area (Å²) in [7, 11) is 1.20. The minimum absolute atomic E-state index is 0.270. The van der Waals surface area contributed by atoms with Crippen molar-refractivity contribution in [1.82, 2.24) is 10.6 Å². The average molecular weight is 513 g/mol. The number of amides is 2. The Morgan fingerprint density at radius 3 is 2.32 bits per heavy atom. The zero-order chi connectivity index (χ0) is 27.8. The Morgan fingerprint density at radius 1 is 1.11 bits per heavy atom. The van der Waals surface area contributed by atoms with Gasteiger partial charge in [-0.15, -0.1) is 0 Å². The number of benzene rings is 1. The van der Waals surface area contributed by atoms with E-state index in [1.54, 1.807) is 65.0 Å². The molecule has 1 aromatic rings. The SMILES string of the molecule is COC(=O)[C@@H](NC(=O)c1ccc(C#C/C=C/[C@@H]2C[C@H]2COC(C)=O)cc1)C(C)(C)NC(=O)OC(C)(C)C. The van der Waals surface area contributed by atoms with Crippen LogP contribution in [0.1, 0.15) is 63.9 Å². The number of alkyl carbamates (subject to hydrolysis) is 1. The molecule has 0 heterocycles. The standard InChI is InChI=1S/C28H36N2O7/c1-18(31)36-17-22-16-21(22)11-9-8-10-19-12-14-20(15-13-19)24(32)29-23(25(33)35-7)28(5,6)30-26(34)37-27(2,3)4/h9,11-15,21-23H,16-17H2,1-7H3,(H,29,32)(H,30,34)/b11-9+/t21-,22+,23-/m1/s1. The van der Waals surface area contributed by atoms with Crippen molar-refractivity contribution in [3.8, 4) is 11.8 Å². The normalized spacial score (nSPS) is 17.6. The molecule has 0 aromatic heterocycles. The van der Waals surface area contributed by atoms with Crippen molar-refractivity contribution < 1.29 is 33.4 Å². The lowest BCUT2D eigenvalue weighted by Crippen LogP contribution is -2.62. The van der Waals surface area contributed by atoms with E-state index in [0.29, 0.717) is 29.6 Å². The summed E-state index contributed by atoms with van der Waals surface area (Å²) in [6.45, 7) is 10.2. The van der Waals surface area contributed by atoms with Crippen LogP contribution in [0.25, 0.3) is 0 Å². The van der Waals surface area contributed by atoms with Crippen LogP contribution in [0.3, 0.4) is 0 Å². The van der Waals surface area contributed by atoms with Crippen LogP contribution in [0, 0.1) is 23.7 Å². The van der Waals surface area contributed by atoms with Crippen LogP contribution in [0.2, 0.25) is 0 Å². The Hall–Kier alpha value is -3.80. The molecule has 0 spiro atoms. The first-order valence-electron chi connectivity index (χ1n) is 12.0. The van der Waals surface area contributed by atoms with E-state index in [0.717, 1.165) is 6.42 Å². The maximum Gasteiger partial charge on any atom is 0.408 e. The van der Waals surface area contributed by atoms with Crippen molar-refractivity contribution >= 4 is 23.9 Å². The molecule has 2 N–H and O–H groups in total. The highest BCUT2D eigenvalue weighted by atomic mass is 16.6. The van der Waals surface area contributed by atoms with Gasteiger partial charge in [-0.1, -0.05) is 17.9 Å². The van der Waals surface area contributed by atoms with Gasteiger partial charge >= 0.3 is 18.0 Å². The molecule has 9 heteroatoms. The molecular weight excluding hydrogens is 476 g/mol. The number of hydrogen-bond donors (Lipinski definition) is 2. The molecule has 0 unspecified atom stereocenters. The summed E-state index contributed by atoms with van der Waals surface area (Å²) >= 11 is 0. The average Bonchev–Trinajstić information content (AvgIpc) is 3.55. The van der Waals surface area contributed by atoms with Crippen molar-refractivity contribution in [3.05, 3.63) is 47.5 Å². The monoisotopic (exact) mass is 512 g/mol. The second kappa shape index (κ2) is 12.4. The molecule has 1 fully saturated rings. The van der Waals surface area contributed by atoms with Gasteiger partial charge in [0.05, 0.1) is 19.3 Å². The van der Waals surface area contributed by atoms with Crippen LogP contribution in [-0.2, 0) is 23.8 Å². The number of carbonyl (C=O) groups excluding carboxylic acids is 4. The van der Waals surface area contributed by atoms with Crippen LogP contribution in [0.4, 0.5) is 4.79 Å². The number of ether oxygens (including phenoxy) is 3. The molecule has 1 aliphatic carbocycles. The van der Waals surface area contributed by atoms with Gasteiger partial charge in [-0.05, 0) is 83.2 Å². The van der Waals surface area contributed by atoms with E-state index in [2.05, 4.69) is 22.5 Å². The second-order valence-electron chi connectivity index (χ2n) is 10.4. The van der Waals surface area contributed by atoms with Crippen molar-refractivity contribution in [3.63, 3.8) is 0 Å². The third kappa shape index (κ3) is 10.00. The van der Waals surface area contributed by atoms with E-state index >= 15 is 0 Å². The third-order valence-electron chi connectivity index (χ3n) is 5.53. The summed E-state index contributed by atoms with van der Waals surface area (Å²) in [5.74, 6) is 5.20. The van der Waals surface area contributed by atoms with Gasteiger partial charge in [0.1, 0.15) is 11.6 Å². The van der Waals surface area contributed by atoms with E-state index < -0.39 is 35.2 Å². The van der Waals surface area contributed by atoms with Gasteiger partial charge in [0.2, 0.25) is 0 Å². The summed E-state index contributed by atoms with van der Waals surface area (Å²) in [5, 5.41) is 5.27. The number of hydrogen-bond acceptors (Lipinski definition) is 7. The smallest absolute Gasteiger partial charge is 0.408 e. The molecule has 1 aromatic carbocycles. The maximum absolute atomic E-state index is 12.9. The van der Waals surface area contributed by atoms with Gasteiger partial charge in [-0.3, -0.25) is 9.59 Å². The Bertz CT molecular complexity index is 1090. The van der Waals surface area contributed by atoms with Crippen LogP contribution >= 0.6 is 0 Å². The number of methoxy groups -OCH3 is 1. The molecule has 2 rings (SSSR count). The first-order valence-corrected chi connectivity index (χ1v) is 12.0. The van der Waals surface area contributed by atoms with Crippen molar-refractivity contribution in [2.24, 2.45) is 11.8 Å². The summed E-state index contributed by atoms with van der Waals surface area (Å²) in [5.41, 5.74) is -0.906. The van der Waals surface area contributed by atoms with E-state index in [4.69, 9.17) is 14.2 Å². The van der Waals surface area contributed by atoms with Crippen LogP contribution in [-0.4, -0.2) is 54.8 Å². The zero-order valence-corrected chi connectivity index (χ0v) is 22.5. The predicted molar refractivity (Wildman–Crippen MR) is 137 cm³/mol. The highest BCUT2D eigenvalue weighted by Crippen LogP contribution is 2.39. The number of allylic oxidation sites excluding steroid dienone is 2. The first-order chi connectivity index (χ1) is 17.2. The molecule has 3 atom stereocenters. The molecule has 0 aliphatic heterocycles. The highest BCUT2D eigenvalue weighted by molar-refractivity contribution is 5.97. The predicted octanol–water partition coefficient (Wildman–Crippen LogP) is 3.37. The summed E-state index contributed by atoms with van der Waals surface area (Å²) < 4.78 is 15.1. The van der Waals surface area contributed by atoms with E-state index in [9.17, 15) is 19.2 Å². The fraction of sp³-hybridized carbons (Fsp3) is 0.500. The second-order valence-corrected chi connectivity index (χ2v) is 10.4. The van der Waals surface area contributed by atoms with E-state index in [1.165, 1.54) is 14.0 Å². The van der Waals surface area contributed by atoms with Gasteiger partial charge in [0.25, 0.3) is 5.91 Å². The van der Waals surface area contributed by atoms with Crippen molar-refractivity contribution in [2.75, 3.05) is 13.7 Å². The Kier molecular flexibility index (Phi) is 9.89. The molecule has 1 saturated carbocycles. The van der Waals surface area contributed by atoms with E-state index in [1.807, 2.05) is 6.08 Å². The fourth-order valence-electron chi connectivity index (χ4n) is 3.43. The van der Waals surface area contributed by atoms with Gasteiger partial charge in [0, 0.05) is 18.1 Å². The lowest BCUT2D eigenvalue weighted by Gasteiger charge is -2.34. The Labute approximate surface area is 218 Å². The topological polar surface area (TPSA) is 120 Å². The molecular formula is C28H36N2O7. The Morgan fingerprint density at radius 2 is 1.76 bits per heavy atom. The molecule has 37 heavy (non-hydrogen) atoms. The third-order valence-corrected chi connectivity index (χ3v) is 5.53. The number of carbonyl (C=O) groups is 4. The summed E-state index contributed by atoms with van der Waals surface area (Å²) in [6, 6.07) is 5.43. The molecule has 1 aliphatic rings. The van der Waals surface area contributed by atoms with Gasteiger partial charge in [-0.2, -0.15) is 0 Å². The van der Waals surface area contributed by atoms with Crippen molar-refractivity contribution in [2.45, 2.75) is 65.1 Å². The number of nitrogens with one attached hydrogen (secondary N) is 2. The number of esters is 2. The van der Waals surface area contributed by atoms with Crippen LogP contribution in [0.5, 0.6) is 0 Å². The molecule has 9 nitrogen and oxygen atoms in total. The minimum atomic E-state index is -1.21. The van der Waals surface area contributed by atoms with Crippen LogP contribution < -0.4 is 10.6 Å². The highest BCUT2D eigenvalue weighted by Gasteiger charge is 2.40. The number of rotatable bonds is 8. The van der Waals surface area contributed by atoms with Gasteiger partial charge in [-0.25, -0.2) is 9.59 Å². The molecule has 0 saturated heterocycles. The van der Waals surface area contributed by atoms with Gasteiger partial charge < -0.3 is 24.8 Å². The molecule has 2 amide bonds. The van der Waals surface area contributed by atoms with E-state index in [-0.39, 0.29) is 5.97 Å². The summed E-state index contributed by atoms with van der Waals surface area (Å²) in [6.07, 6.45) is 4.04. The maximum atomic E-state index is 12.9. The lowest BCUT2D eigenvalue weighted by molar-refractivity contribution is -0.145.